The molecular weight excluding hydrogens is 293 g/mol. The number of likely N-dealkylation sites (tertiary alicyclic amines) is 1. The zero-order chi connectivity index (χ0) is 14.8. The summed E-state index contributed by atoms with van der Waals surface area (Å²) in [6.07, 6.45) is 3.80. The second-order valence-electron chi connectivity index (χ2n) is 6.13. The Balaban J connectivity index is 2.09. The van der Waals surface area contributed by atoms with Crippen molar-refractivity contribution in [1.29, 1.82) is 0 Å². The number of hydrogen-bond donors (Lipinski definition) is 1. The van der Waals surface area contributed by atoms with E-state index in [1.54, 1.807) is 6.07 Å². The van der Waals surface area contributed by atoms with Gasteiger partial charge in [-0.3, -0.25) is 4.90 Å². The summed E-state index contributed by atoms with van der Waals surface area (Å²) < 4.78 is 0. The van der Waals surface area contributed by atoms with E-state index in [2.05, 4.69) is 18.7 Å². The van der Waals surface area contributed by atoms with Crippen LogP contribution < -0.4 is 0 Å². The van der Waals surface area contributed by atoms with Crippen LogP contribution in [-0.4, -0.2) is 34.7 Å². The molecule has 20 heavy (non-hydrogen) atoms. The summed E-state index contributed by atoms with van der Waals surface area (Å²) in [4.78, 5) is 2.39. The molecule has 0 amide bonds. The summed E-state index contributed by atoms with van der Waals surface area (Å²) in [7, 11) is 0. The van der Waals surface area contributed by atoms with Gasteiger partial charge in [0.25, 0.3) is 0 Å². The van der Waals surface area contributed by atoms with Crippen molar-refractivity contribution >= 4 is 23.2 Å². The topological polar surface area (TPSA) is 23.5 Å². The van der Waals surface area contributed by atoms with Crippen molar-refractivity contribution < 1.29 is 5.11 Å². The molecule has 1 aliphatic heterocycles. The van der Waals surface area contributed by atoms with Gasteiger partial charge in [-0.1, -0.05) is 41.8 Å². The Morgan fingerprint density at radius 2 is 1.85 bits per heavy atom. The van der Waals surface area contributed by atoms with E-state index in [-0.39, 0.29) is 5.54 Å². The monoisotopic (exact) mass is 315 g/mol. The van der Waals surface area contributed by atoms with Gasteiger partial charge in [0.15, 0.2) is 0 Å². The van der Waals surface area contributed by atoms with Crippen molar-refractivity contribution in [3.8, 4) is 0 Å². The van der Waals surface area contributed by atoms with E-state index in [9.17, 15) is 5.11 Å². The molecule has 1 unspecified atom stereocenters. The van der Waals surface area contributed by atoms with E-state index < -0.39 is 6.10 Å². The highest BCUT2D eigenvalue weighted by atomic mass is 35.5. The van der Waals surface area contributed by atoms with Crippen LogP contribution in [0.25, 0.3) is 0 Å². The summed E-state index contributed by atoms with van der Waals surface area (Å²) in [6, 6.07) is 5.59. The molecule has 1 aromatic rings. The molecule has 0 saturated carbocycles. The third kappa shape index (κ3) is 3.48. The summed E-state index contributed by atoms with van der Waals surface area (Å²) >= 11 is 12.3. The standard InChI is InChI=1S/C16H23Cl2NO/c1-16(2,19-9-4-3-5-10-19)14(20)11-12-7-6-8-13(17)15(12)18/h6-8,14,20H,3-5,9-11H2,1-2H3. The average Bonchev–Trinajstić information content (AvgIpc) is 2.44. The minimum absolute atomic E-state index is 0.244. The maximum atomic E-state index is 10.7. The van der Waals surface area contributed by atoms with Crippen LogP contribution in [0.2, 0.25) is 10.0 Å². The molecule has 1 heterocycles. The molecule has 0 radical (unpaired) electrons. The lowest BCUT2D eigenvalue weighted by molar-refractivity contribution is -0.0186. The molecular formula is C16H23Cl2NO. The molecule has 2 rings (SSSR count). The number of hydrogen-bond acceptors (Lipinski definition) is 2. The van der Waals surface area contributed by atoms with E-state index in [0.717, 1.165) is 18.7 Å². The van der Waals surface area contributed by atoms with Gasteiger partial charge in [0.1, 0.15) is 0 Å². The SMILES string of the molecule is CC(C)(C(O)Cc1cccc(Cl)c1Cl)N1CCCCC1. The quantitative estimate of drug-likeness (QED) is 0.901. The van der Waals surface area contributed by atoms with Crippen LogP contribution in [0.3, 0.4) is 0 Å². The van der Waals surface area contributed by atoms with Crippen molar-refractivity contribution in [2.75, 3.05) is 13.1 Å². The third-order valence-corrected chi connectivity index (χ3v) is 5.29. The molecule has 1 atom stereocenters. The summed E-state index contributed by atoms with van der Waals surface area (Å²) in [5, 5.41) is 11.8. The predicted octanol–water partition coefficient (Wildman–Crippen LogP) is 4.16. The Morgan fingerprint density at radius 1 is 1.20 bits per heavy atom. The number of benzene rings is 1. The maximum absolute atomic E-state index is 10.7. The third-order valence-electron chi connectivity index (χ3n) is 4.43. The van der Waals surface area contributed by atoms with Gasteiger partial charge in [0.05, 0.1) is 16.1 Å². The summed E-state index contributed by atoms with van der Waals surface area (Å²) in [5.41, 5.74) is 0.670. The fraction of sp³-hybridized carbons (Fsp3) is 0.625. The fourth-order valence-corrected chi connectivity index (χ4v) is 3.24. The molecule has 4 heteroatoms. The molecule has 1 aromatic carbocycles. The fourth-order valence-electron chi connectivity index (χ4n) is 2.85. The molecule has 0 aliphatic carbocycles. The highest BCUT2D eigenvalue weighted by Crippen LogP contribution is 2.30. The van der Waals surface area contributed by atoms with Crippen LogP contribution in [0.15, 0.2) is 18.2 Å². The molecule has 1 fully saturated rings. The lowest BCUT2D eigenvalue weighted by Gasteiger charge is -2.44. The number of piperidine rings is 1. The van der Waals surface area contributed by atoms with Gasteiger partial charge >= 0.3 is 0 Å². The van der Waals surface area contributed by atoms with E-state index in [4.69, 9.17) is 23.2 Å². The normalized spacial score (nSPS) is 19.1. The number of rotatable bonds is 4. The van der Waals surface area contributed by atoms with Crippen molar-refractivity contribution in [3.05, 3.63) is 33.8 Å². The maximum Gasteiger partial charge on any atom is 0.0759 e. The lowest BCUT2D eigenvalue weighted by atomic mass is 9.88. The van der Waals surface area contributed by atoms with E-state index >= 15 is 0 Å². The van der Waals surface area contributed by atoms with Crippen LogP contribution in [0, 0.1) is 0 Å². The molecule has 2 nitrogen and oxygen atoms in total. The summed E-state index contributed by atoms with van der Waals surface area (Å²) in [6.45, 7) is 6.35. The Kier molecular flexibility index (Phi) is 5.36. The number of aliphatic hydroxyl groups is 1. The zero-order valence-electron chi connectivity index (χ0n) is 12.2. The highest BCUT2D eigenvalue weighted by molar-refractivity contribution is 6.42. The second kappa shape index (κ2) is 6.65. The minimum Gasteiger partial charge on any atom is -0.391 e. The van der Waals surface area contributed by atoms with Gasteiger partial charge in [-0.15, -0.1) is 0 Å². The van der Waals surface area contributed by atoms with Crippen molar-refractivity contribution in [3.63, 3.8) is 0 Å². The Labute approximate surface area is 131 Å². The number of halogens is 2. The minimum atomic E-state index is -0.462. The first kappa shape index (κ1) is 16.1. The van der Waals surface area contributed by atoms with Gasteiger partial charge in [0.2, 0.25) is 0 Å². The first-order valence-electron chi connectivity index (χ1n) is 7.29. The molecule has 1 N–H and O–H groups in total. The van der Waals surface area contributed by atoms with Crippen molar-refractivity contribution in [2.24, 2.45) is 0 Å². The smallest absolute Gasteiger partial charge is 0.0759 e. The van der Waals surface area contributed by atoms with Gasteiger partial charge < -0.3 is 5.11 Å². The molecule has 0 bridgehead atoms. The van der Waals surface area contributed by atoms with Crippen molar-refractivity contribution in [2.45, 2.75) is 51.2 Å². The zero-order valence-corrected chi connectivity index (χ0v) is 13.7. The van der Waals surface area contributed by atoms with E-state index in [1.807, 2.05) is 12.1 Å². The van der Waals surface area contributed by atoms with Crippen LogP contribution >= 0.6 is 23.2 Å². The Hall–Kier alpha value is -0.280. The van der Waals surface area contributed by atoms with E-state index in [1.165, 1.54) is 19.3 Å². The predicted molar refractivity (Wildman–Crippen MR) is 85.7 cm³/mol. The molecule has 1 aliphatic rings. The lowest BCUT2D eigenvalue weighted by Crippen LogP contribution is -2.54. The molecule has 0 aromatic heterocycles. The molecule has 1 saturated heterocycles. The van der Waals surface area contributed by atoms with Gasteiger partial charge in [-0.25, -0.2) is 0 Å². The Morgan fingerprint density at radius 3 is 2.50 bits per heavy atom. The summed E-state index contributed by atoms with van der Waals surface area (Å²) in [5.74, 6) is 0. The van der Waals surface area contributed by atoms with Crippen LogP contribution in [0.5, 0.6) is 0 Å². The second-order valence-corrected chi connectivity index (χ2v) is 6.92. The van der Waals surface area contributed by atoms with Gasteiger partial charge in [-0.2, -0.15) is 0 Å². The number of aliphatic hydroxyl groups excluding tert-OH is 1. The average molecular weight is 316 g/mol. The van der Waals surface area contributed by atoms with Crippen molar-refractivity contribution in [1.82, 2.24) is 4.90 Å². The first-order chi connectivity index (χ1) is 9.43. The van der Waals surface area contributed by atoms with Crippen LogP contribution in [-0.2, 0) is 6.42 Å². The van der Waals surface area contributed by atoms with Crippen LogP contribution in [0.4, 0.5) is 0 Å². The van der Waals surface area contributed by atoms with E-state index in [0.29, 0.717) is 16.5 Å². The highest BCUT2D eigenvalue weighted by Gasteiger charge is 2.35. The van der Waals surface area contributed by atoms with Gasteiger partial charge in [0, 0.05) is 12.0 Å². The largest absolute Gasteiger partial charge is 0.391 e. The first-order valence-corrected chi connectivity index (χ1v) is 8.04. The molecule has 0 spiro atoms. The molecule has 112 valence electrons. The van der Waals surface area contributed by atoms with Gasteiger partial charge in [-0.05, 0) is 51.4 Å². The Bertz CT molecular complexity index is 456. The number of nitrogens with zero attached hydrogens (tertiary/aromatic N) is 1. The van der Waals surface area contributed by atoms with Crippen LogP contribution in [0.1, 0.15) is 38.7 Å².